The molecule has 0 radical (unpaired) electrons. The number of carboxylic acids is 1. The van der Waals surface area contributed by atoms with Crippen LogP contribution in [0, 0.1) is 0 Å². The normalized spacial score (nSPS) is 11.3. The first kappa shape index (κ1) is 19.8. The van der Waals surface area contributed by atoms with Crippen molar-refractivity contribution in [3.05, 3.63) is 65.7 Å². The largest absolute Gasteiger partial charge is 0.481 e. The van der Waals surface area contributed by atoms with Crippen LogP contribution in [0.25, 0.3) is 0 Å². The van der Waals surface area contributed by atoms with Gasteiger partial charge in [0.2, 0.25) is 11.7 Å². The first-order chi connectivity index (χ1) is 12.9. The van der Waals surface area contributed by atoms with Gasteiger partial charge in [-0.3, -0.25) is 14.4 Å². The molecule has 2 aromatic carbocycles. The van der Waals surface area contributed by atoms with Crippen LogP contribution in [0.5, 0.6) is 0 Å². The van der Waals surface area contributed by atoms with Crippen LogP contribution < -0.4 is 5.32 Å². The smallest absolute Gasteiger partial charge is 0.338 e. The van der Waals surface area contributed by atoms with Gasteiger partial charge in [-0.2, -0.15) is 0 Å². The number of ether oxygens (including phenoxy) is 1. The van der Waals surface area contributed by atoms with Gasteiger partial charge in [-0.1, -0.05) is 30.3 Å². The Bertz CT molecular complexity index is 829. The molecule has 7 heteroatoms. The molecule has 0 aromatic heterocycles. The molecule has 0 saturated carbocycles. The van der Waals surface area contributed by atoms with Crippen molar-refractivity contribution >= 4 is 29.3 Å². The summed E-state index contributed by atoms with van der Waals surface area (Å²) in [7, 11) is 0. The Kier molecular flexibility index (Phi) is 6.82. The van der Waals surface area contributed by atoms with E-state index in [0.29, 0.717) is 11.3 Å². The van der Waals surface area contributed by atoms with E-state index in [9.17, 15) is 19.2 Å². The lowest BCUT2D eigenvalue weighted by Gasteiger charge is -2.12. The maximum atomic E-state index is 12.2. The average molecular weight is 369 g/mol. The van der Waals surface area contributed by atoms with Crippen LogP contribution in [0.2, 0.25) is 0 Å². The highest BCUT2D eigenvalue weighted by atomic mass is 16.5. The second-order valence-corrected chi connectivity index (χ2v) is 5.80. The third-order valence-corrected chi connectivity index (χ3v) is 3.68. The van der Waals surface area contributed by atoms with E-state index in [2.05, 4.69) is 5.32 Å². The molecule has 7 nitrogen and oxygen atoms in total. The van der Waals surface area contributed by atoms with Crippen molar-refractivity contribution < 1.29 is 29.0 Å². The minimum atomic E-state index is -1.05. The highest BCUT2D eigenvalue weighted by Crippen LogP contribution is 2.13. The van der Waals surface area contributed by atoms with Crippen LogP contribution >= 0.6 is 0 Å². The number of aliphatic carboxylic acids is 1. The third-order valence-electron chi connectivity index (χ3n) is 3.68. The number of rotatable bonds is 8. The highest BCUT2D eigenvalue weighted by molar-refractivity contribution is 6.01. The van der Waals surface area contributed by atoms with Crippen LogP contribution in [0.15, 0.2) is 54.6 Å². The summed E-state index contributed by atoms with van der Waals surface area (Å²) in [6.07, 6.45) is -1.34. The maximum absolute atomic E-state index is 12.2. The van der Waals surface area contributed by atoms with Gasteiger partial charge in [0.1, 0.15) is 0 Å². The second kappa shape index (κ2) is 9.28. The zero-order valence-electron chi connectivity index (χ0n) is 14.7. The summed E-state index contributed by atoms with van der Waals surface area (Å²) in [6, 6.07) is 14.4. The Balaban J connectivity index is 1.92. The molecular formula is C20H19NO6. The second-order valence-electron chi connectivity index (χ2n) is 5.80. The Morgan fingerprint density at radius 3 is 2.15 bits per heavy atom. The summed E-state index contributed by atoms with van der Waals surface area (Å²) < 4.78 is 5.20. The Labute approximate surface area is 156 Å². The lowest BCUT2D eigenvalue weighted by molar-refractivity contribution is -0.138. The number of carboxylic acid groups (broad SMARTS) is 1. The number of hydrogen-bond acceptors (Lipinski definition) is 5. The average Bonchev–Trinajstić information content (AvgIpc) is 2.67. The molecule has 2 rings (SSSR count). The number of hydrogen-bond donors (Lipinski definition) is 2. The number of Topliss-reactive ketones (excluding diaryl/α,β-unsaturated/α-hetero) is 1. The molecule has 1 amide bonds. The summed E-state index contributed by atoms with van der Waals surface area (Å²) >= 11 is 0. The van der Waals surface area contributed by atoms with Gasteiger partial charge in [0.25, 0.3) is 0 Å². The summed E-state index contributed by atoms with van der Waals surface area (Å²) in [4.78, 5) is 46.4. The Morgan fingerprint density at radius 2 is 1.56 bits per heavy atom. The van der Waals surface area contributed by atoms with Crippen molar-refractivity contribution in [1.29, 1.82) is 0 Å². The predicted octanol–water partition coefficient (Wildman–Crippen LogP) is 2.92. The van der Waals surface area contributed by atoms with Crippen molar-refractivity contribution in [2.45, 2.75) is 25.9 Å². The van der Waals surface area contributed by atoms with Crippen LogP contribution in [0.1, 0.15) is 40.5 Å². The number of carbonyl (C=O) groups is 4. The zero-order valence-corrected chi connectivity index (χ0v) is 14.7. The lowest BCUT2D eigenvalue weighted by Crippen LogP contribution is -2.24. The van der Waals surface area contributed by atoms with Gasteiger partial charge in [0.05, 0.1) is 12.0 Å². The standard InChI is InChI=1S/C20H19NO6/c1-13(19(25)14-5-3-2-4-6-14)27-20(26)15-7-9-16(10-8-15)21-17(22)11-12-18(23)24/h2-10,13H,11-12H2,1H3,(H,21,22)(H,23,24). The predicted molar refractivity (Wildman–Crippen MR) is 97.6 cm³/mol. The van der Waals surface area contributed by atoms with Crippen LogP contribution in [-0.2, 0) is 14.3 Å². The van der Waals surface area contributed by atoms with Crippen LogP contribution in [0.3, 0.4) is 0 Å². The van der Waals surface area contributed by atoms with Gasteiger partial charge in [0.15, 0.2) is 6.10 Å². The quantitative estimate of drug-likeness (QED) is 0.547. The molecule has 0 bridgehead atoms. The van der Waals surface area contributed by atoms with E-state index in [0.717, 1.165) is 0 Å². The number of amides is 1. The van der Waals surface area contributed by atoms with Gasteiger partial charge in [-0.05, 0) is 31.2 Å². The molecular weight excluding hydrogens is 350 g/mol. The summed E-state index contributed by atoms with van der Waals surface area (Å²) in [5.41, 5.74) is 1.11. The van der Waals surface area contributed by atoms with Crippen molar-refractivity contribution in [1.82, 2.24) is 0 Å². The van der Waals surface area contributed by atoms with Gasteiger partial charge in [-0.15, -0.1) is 0 Å². The summed E-state index contributed by atoms with van der Waals surface area (Å²) in [5, 5.41) is 11.1. The molecule has 0 heterocycles. The van der Waals surface area contributed by atoms with E-state index in [1.54, 1.807) is 30.3 Å². The molecule has 0 saturated heterocycles. The number of nitrogens with one attached hydrogen (secondary N) is 1. The fraction of sp³-hybridized carbons (Fsp3) is 0.200. The lowest BCUT2D eigenvalue weighted by atomic mass is 10.1. The highest BCUT2D eigenvalue weighted by Gasteiger charge is 2.20. The zero-order chi connectivity index (χ0) is 19.8. The monoisotopic (exact) mass is 369 g/mol. The van der Waals surface area contributed by atoms with E-state index < -0.39 is 23.9 Å². The topological polar surface area (TPSA) is 110 Å². The molecule has 0 aliphatic heterocycles. The number of esters is 1. The van der Waals surface area contributed by atoms with Crippen molar-refractivity contribution in [3.63, 3.8) is 0 Å². The van der Waals surface area contributed by atoms with Crippen molar-refractivity contribution in [2.75, 3.05) is 5.32 Å². The molecule has 0 aliphatic carbocycles. The third kappa shape index (κ3) is 6.07. The fourth-order valence-electron chi connectivity index (χ4n) is 2.25. The van der Waals surface area contributed by atoms with Crippen LogP contribution in [0.4, 0.5) is 5.69 Å². The number of benzene rings is 2. The van der Waals surface area contributed by atoms with Crippen molar-refractivity contribution in [2.24, 2.45) is 0 Å². The molecule has 0 aliphatic rings. The van der Waals surface area contributed by atoms with E-state index in [-0.39, 0.29) is 24.2 Å². The maximum Gasteiger partial charge on any atom is 0.338 e. The minimum absolute atomic E-state index is 0.141. The van der Waals surface area contributed by atoms with Gasteiger partial charge < -0.3 is 15.2 Å². The van der Waals surface area contributed by atoms with Crippen molar-refractivity contribution in [3.8, 4) is 0 Å². The fourth-order valence-corrected chi connectivity index (χ4v) is 2.25. The van der Waals surface area contributed by atoms with Gasteiger partial charge >= 0.3 is 11.9 Å². The Morgan fingerprint density at radius 1 is 0.926 bits per heavy atom. The van der Waals surface area contributed by atoms with Gasteiger partial charge in [0, 0.05) is 17.7 Å². The first-order valence-electron chi connectivity index (χ1n) is 8.29. The van der Waals surface area contributed by atoms with E-state index >= 15 is 0 Å². The Hall–Kier alpha value is -3.48. The molecule has 2 aromatic rings. The first-order valence-corrected chi connectivity index (χ1v) is 8.29. The summed E-state index contributed by atoms with van der Waals surface area (Å²) in [5.74, 6) is -2.45. The number of carbonyl (C=O) groups excluding carboxylic acids is 3. The van der Waals surface area contributed by atoms with E-state index in [1.165, 1.54) is 31.2 Å². The molecule has 140 valence electrons. The molecule has 0 fully saturated rings. The van der Waals surface area contributed by atoms with E-state index in [4.69, 9.17) is 9.84 Å². The van der Waals surface area contributed by atoms with Crippen LogP contribution in [-0.4, -0.2) is 34.8 Å². The molecule has 27 heavy (non-hydrogen) atoms. The number of ketones is 1. The summed E-state index contributed by atoms with van der Waals surface area (Å²) in [6.45, 7) is 1.50. The number of anilines is 1. The minimum Gasteiger partial charge on any atom is -0.481 e. The molecule has 0 spiro atoms. The molecule has 1 atom stereocenters. The van der Waals surface area contributed by atoms with Gasteiger partial charge in [-0.25, -0.2) is 4.79 Å². The van der Waals surface area contributed by atoms with E-state index in [1.807, 2.05) is 0 Å². The molecule has 2 N–H and O–H groups in total. The SMILES string of the molecule is CC(OC(=O)c1ccc(NC(=O)CCC(=O)O)cc1)C(=O)c1ccccc1. The molecule has 1 unspecified atom stereocenters.